The first-order valence-electron chi connectivity index (χ1n) is 6.19. The zero-order valence-corrected chi connectivity index (χ0v) is 11.5. The van der Waals surface area contributed by atoms with Crippen molar-refractivity contribution in [2.45, 2.75) is 20.8 Å². The quantitative estimate of drug-likeness (QED) is 0.738. The fraction of sp³-hybridized carbons (Fsp3) is 0.583. The van der Waals surface area contributed by atoms with Gasteiger partial charge < -0.3 is 15.4 Å². The fourth-order valence-corrected chi connectivity index (χ4v) is 1.65. The lowest BCUT2D eigenvalue weighted by atomic mass is 10.2. The summed E-state index contributed by atoms with van der Waals surface area (Å²) < 4.78 is 4.86. The highest BCUT2D eigenvalue weighted by atomic mass is 16.5. The van der Waals surface area contributed by atoms with Crippen LogP contribution in [0.2, 0.25) is 0 Å². The van der Waals surface area contributed by atoms with Crippen LogP contribution in [0, 0.1) is 5.92 Å². The molecular weight excluding hydrogens is 248 g/mol. The third-order valence-corrected chi connectivity index (χ3v) is 2.38. The van der Waals surface area contributed by atoms with Crippen LogP contribution in [-0.2, 0) is 9.53 Å². The second-order valence-electron chi connectivity index (χ2n) is 4.58. The molecule has 19 heavy (non-hydrogen) atoms. The number of amides is 1. The molecule has 0 bridgehead atoms. The lowest BCUT2D eigenvalue weighted by Crippen LogP contribution is -2.39. The molecule has 1 amide bonds. The Morgan fingerprint density at radius 1 is 1.53 bits per heavy atom. The average Bonchev–Trinajstić information content (AvgIpc) is 2.73. The van der Waals surface area contributed by atoms with E-state index in [9.17, 15) is 9.59 Å². The highest BCUT2D eigenvalue weighted by Gasteiger charge is 2.23. The Bertz CT molecular complexity index is 442. The number of nitrogens with two attached hydrogens (primary N) is 1. The molecule has 106 valence electrons. The van der Waals surface area contributed by atoms with E-state index in [0.29, 0.717) is 6.54 Å². The molecule has 0 saturated carbocycles. The van der Waals surface area contributed by atoms with E-state index >= 15 is 0 Å². The van der Waals surface area contributed by atoms with Crippen LogP contribution >= 0.6 is 0 Å². The van der Waals surface area contributed by atoms with E-state index < -0.39 is 5.97 Å². The molecule has 0 aliphatic rings. The molecule has 7 nitrogen and oxygen atoms in total. The van der Waals surface area contributed by atoms with Gasteiger partial charge in [-0.2, -0.15) is 5.10 Å². The summed E-state index contributed by atoms with van der Waals surface area (Å²) in [7, 11) is 0. The van der Waals surface area contributed by atoms with Crippen LogP contribution in [0.25, 0.3) is 0 Å². The fourth-order valence-electron chi connectivity index (χ4n) is 1.65. The monoisotopic (exact) mass is 268 g/mol. The lowest BCUT2D eigenvalue weighted by molar-refractivity contribution is -0.143. The van der Waals surface area contributed by atoms with Gasteiger partial charge in [0.05, 0.1) is 18.5 Å². The third-order valence-electron chi connectivity index (χ3n) is 2.38. The maximum absolute atomic E-state index is 12.3. The molecule has 3 N–H and O–H groups in total. The Hall–Kier alpha value is -2.05. The number of aromatic nitrogens is 2. The van der Waals surface area contributed by atoms with Gasteiger partial charge in [0, 0.05) is 6.54 Å². The second kappa shape index (κ2) is 6.77. The number of hydrogen-bond acceptors (Lipinski definition) is 5. The van der Waals surface area contributed by atoms with Gasteiger partial charge in [-0.05, 0) is 12.8 Å². The number of rotatable bonds is 6. The summed E-state index contributed by atoms with van der Waals surface area (Å²) in [5.74, 6) is -0.561. The first-order valence-corrected chi connectivity index (χ1v) is 6.19. The van der Waals surface area contributed by atoms with E-state index in [0.717, 1.165) is 0 Å². The van der Waals surface area contributed by atoms with Crippen molar-refractivity contribution in [3.8, 4) is 0 Å². The molecule has 0 fully saturated rings. The normalized spacial score (nSPS) is 10.5. The predicted molar refractivity (Wildman–Crippen MR) is 70.4 cm³/mol. The molecule has 0 saturated heterocycles. The highest BCUT2D eigenvalue weighted by molar-refractivity contribution is 5.98. The van der Waals surface area contributed by atoms with Crippen molar-refractivity contribution < 1.29 is 14.3 Å². The van der Waals surface area contributed by atoms with Crippen molar-refractivity contribution in [3.63, 3.8) is 0 Å². The summed E-state index contributed by atoms with van der Waals surface area (Å²) in [6.07, 6.45) is 1.37. The van der Waals surface area contributed by atoms with Gasteiger partial charge in [-0.15, -0.1) is 0 Å². The minimum Gasteiger partial charge on any atom is -0.465 e. The molecule has 0 radical (unpaired) electrons. The van der Waals surface area contributed by atoms with Crippen molar-refractivity contribution in [2.75, 3.05) is 25.4 Å². The maximum atomic E-state index is 12.3. The third kappa shape index (κ3) is 4.27. The van der Waals surface area contributed by atoms with E-state index in [1.165, 1.54) is 11.1 Å². The van der Waals surface area contributed by atoms with Crippen molar-refractivity contribution in [2.24, 2.45) is 5.92 Å². The van der Waals surface area contributed by atoms with Gasteiger partial charge in [0.25, 0.3) is 5.91 Å². The van der Waals surface area contributed by atoms with E-state index in [2.05, 4.69) is 10.2 Å². The first kappa shape index (κ1) is 15.0. The molecule has 1 aromatic rings. The molecule has 0 aliphatic carbocycles. The van der Waals surface area contributed by atoms with Gasteiger partial charge in [-0.1, -0.05) is 13.8 Å². The molecule has 0 atom stereocenters. The van der Waals surface area contributed by atoms with Gasteiger partial charge in [0.2, 0.25) is 0 Å². The minimum atomic E-state index is -0.436. The first-order chi connectivity index (χ1) is 8.95. The van der Waals surface area contributed by atoms with Crippen LogP contribution in [0.4, 0.5) is 5.69 Å². The van der Waals surface area contributed by atoms with Crippen LogP contribution in [0.5, 0.6) is 0 Å². The number of ether oxygens (including phenoxy) is 1. The lowest BCUT2D eigenvalue weighted by Gasteiger charge is -2.23. The topological polar surface area (TPSA) is 101 Å². The van der Waals surface area contributed by atoms with Gasteiger partial charge in [-0.25, -0.2) is 0 Å². The van der Waals surface area contributed by atoms with E-state index in [-0.39, 0.29) is 36.4 Å². The molecule has 0 spiro atoms. The van der Waals surface area contributed by atoms with Crippen molar-refractivity contribution >= 4 is 17.6 Å². The number of hydrogen-bond donors (Lipinski definition) is 2. The highest BCUT2D eigenvalue weighted by Crippen LogP contribution is 2.11. The van der Waals surface area contributed by atoms with Crippen LogP contribution in [0.15, 0.2) is 6.20 Å². The van der Waals surface area contributed by atoms with Crippen LogP contribution in [0.1, 0.15) is 31.3 Å². The molecule has 1 heterocycles. The van der Waals surface area contributed by atoms with Crippen molar-refractivity contribution in [1.29, 1.82) is 0 Å². The Balaban J connectivity index is 2.81. The molecule has 1 rings (SSSR count). The summed E-state index contributed by atoms with van der Waals surface area (Å²) in [5.41, 5.74) is 6.11. The smallest absolute Gasteiger partial charge is 0.325 e. The summed E-state index contributed by atoms with van der Waals surface area (Å²) in [5, 5.41) is 6.25. The maximum Gasteiger partial charge on any atom is 0.325 e. The zero-order chi connectivity index (χ0) is 14.4. The summed E-state index contributed by atoms with van der Waals surface area (Å²) >= 11 is 0. The Kier molecular flexibility index (Phi) is 5.35. The van der Waals surface area contributed by atoms with Crippen LogP contribution in [-0.4, -0.2) is 46.7 Å². The standard InChI is InChI=1S/C12H20N4O3/c1-4-19-10(17)7-16(6-8(2)3)12(18)11-9(13)5-14-15-11/h5,8H,4,6-7,13H2,1-3H3,(H,14,15). The Morgan fingerprint density at radius 2 is 2.21 bits per heavy atom. The zero-order valence-electron chi connectivity index (χ0n) is 11.5. The number of anilines is 1. The molecular formula is C12H20N4O3. The van der Waals surface area contributed by atoms with Gasteiger partial charge >= 0.3 is 5.97 Å². The molecule has 0 aliphatic heterocycles. The number of nitrogen functional groups attached to an aromatic ring is 1. The molecule has 0 unspecified atom stereocenters. The van der Waals surface area contributed by atoms with Crippen molar-refractivity contribution in [3.05, 3.63) is 11.9 Å². The number of nitrogens with zero attached hydrogens (tertiary/aromatic N) is 2. The largest absolute Gasteiger partial charge is 0.465 e. The van der Waals surface area contributed by atoms with Gasteiger partial charge in [-0.3, -0.25) is 14.7 Å². The van der Waals surface area contributed by atoms with Gasteiger partial charge in [0.1, 0.15) is 12.2 Å². The SMILES string of the molecule is CCOC(=O)CN(CC(C)C)C(=O)c1[nH]ncc1N. The van der Waals surface area contributed by atoms with E-state index in [1.54, 1.807) is 6.92 Å². The molecule has 0 aromatic carbocycles. The van der Waals surface area contributed by atoms with Crippen LogP contribution < -0.4 is 5.73 Å². The van der Waals surface area contributed by atoms with E-state index in [4.69, 9.17) is 10.5 Å². The Labute approximate surface area is 112 Å². The minimum absolute atomic E-state index is 0.0939. The molecule has 1 aromatic heterocycles. The average molecular weight is 268 g/mol. The Morgan fingerprint density at radius 3 is 2.68 bits per heavy atom. The van der Waals surface area contributed by atoms with Crippen LogP contribution in [0.3, 0.4) is 0 Å². The van der Waals surface area contributed by atoms with Gasteiger partial charge in [0.15, 0.2) is 0 Å². The number of aromatic amines is 1. The number of H-pyrrole nitrogens is 1. The number of carbonyl (C=O) groups excluding carboxylic acids is 2. The predicted octanol–water partition coefficient (Wildman–Crippen LogP) is 0.653. The summed E-state index contributed by atoms with van der Waals surface area (Å²) in [6, 6.07) is 0. The van der Waals surface area contributed by atoms with Crippen molar-refractivity contribution in [1.82, 2.24) is 15.1 Å². The summed E-state index contributed by atoms with van der Waals surface area (Å²) in [6.45, 7) is 6.27. The number of nitrogens with one attached hydrogen (secondary N) is 1. The summed E-state index contributed by atoms with van der Waals surface area (Å²) in [4.78, 5) is 25.2. The van der Waals surface area contributed by atoms with E-state index in [1.807, 2.05) is 13.8 Å². The second-order valence-corrected chi connectivity index (χ2v) is 4.58. The number of carbonyl (C=O) groups is 2. The molecule has 7 heteroatoms. The number of esters is 1.